The van der Waals surface area contributed by atoms with E-state index < -0.39 is 11.9 Å². The first-order valence-electron chi connectivity index (χ1n) is 5.43. The van der Waals surface area contributed by atoms with Gasteiger partial charge in [0.1, 0.15) is 11.5 Å². The molecule has 2 unspecified atom stereocenters. The predicted molar refractivity (Wildman–Crippen MR) is 57.8 cm³/mol. The maximum atomic E-state index is 13.3. The van der Waals surface area contributed by atoms with E-state index in [0.29, 0.717) is 12.3 Å². The van der Waals surface area contributed by atoms with Gasteiger partial charge in [-0.05, 0) is 24.5 Å². The summed E-state index contributed by atoms with van der Waals surface area (Å²) in [6.45, 7) is 4.16. The molecule has 1 aromatic rings. The fourth-order valence-electron chi connectivity index (χ4n) is 1.75. The Kier molecular flexibility index (Phi) is 4.69. The molecule has 0 aliphatic heterocycles. The summed E-state index contributed by atoms with van der Waals surface area (Å²) in [5, 5.41) is 9.80. The number of aliphatic hydroxyl groups excluding tert-OH is 1. The van der Waals surface area contributed by atoms with Gasteiger partial charge in [-0.2, -0.15) is 0 Å². The van der Waals surface area contributed by atoms with E-state index >= 15 is 0 Å². The molecule has 15 heavy (non-hydrogen) atoms. The Bertz CT molecular complexity index is 303. The molecule has 0 spiro atoms. The van der Waals surface area contributed by atoms with E-state index in [0.717, 1.165) is 12.8 Å². The van der Waals surface area contributed by atoms with Gasteiger partial charge in [0.25, 0.3) is 0 Å². The molecule has 84 valence electrons. The van der Waals surface area contributed by atoms with Crippen LogP contribution in [0.3, 0.4) is 0 Å². The molecule has 0 saturated carbocycles. The van der Waals surface area contributed by atoms with E-state index in [-0.39, 0.29) is 5.69 Å². The summed E-state index contributed by atoms with van der Waals surface area (Å²) in [7, 11) is 0. The van der Waals surface area contributed by atoms with Crippen LogP contribution in [0.5, 0.6) is 0 Å². The van der Waals surface area contributed by atoms with Gasteiger partial charge < -0.3 is 5.11 Å². The third kappa shape index (κ3) is 3.59. The van der Waals surface area contributed by atoms with E-state index in [9.17, 15) is 9.50 Å². The van der Waals surface area contributed by atoms with Gasteiger partial charge in [0.2, 0.25) is 0 Å². The Labute approximate surface area is 90.2 Å². The van der Waals surface area contributed by atoms with Crippen molar-refractivity contribution in [1.29, 1.82) is 0 Å². The monoisotopic (exact) mass is 211 g/mol. The predicted octanol–water partition coefficient (Wildman–Crippen LogP) is 3.08. The first-order chi connectivity index (χ1) is 7.15. The fourth-order valence-corrected chi connectivity index (χ4v) is 1.75. The highest BCUT2D eigenvalue weighted by atomic mass is 19.1. The van der Waals surface area contributed by atoms with E-state index in [1.807, 2.05) is 0 Å². The zero-order valence-electron chi connectivity index (χ0n) is 9.28. The minimum Gasteiger partial charge on any atom is -0.387 e. The van der Waals surface area contributed by atoms with Crippen molar-refractivity contribution in [3.05, 3.63) is 29.8 Å². The number of rotatable bonds is 5. The van der Waals surface area contributed by atoms with Gasteiger partial charge in [0.15, 0.2) is 0 Å². The Hall–Kier alpha value is -0.960. The summed E-state index contributed by atoms with van der Waals surface area (Å²) in [6.07, 6.45) is 3.42. The maximum Gasteiger partial charge on any atom is 0.147 e. The van der Waals surface area contributed by atoms with E-state index in [2.05, 4.69) is 18.8 Å². The average Bonchev–Trinajstić information content (AvgIpc) is 2.18. The summed E-state index contributed by atoms with van der Waals surface area (Å²) in [5.74, 6) is -0.0277. The van der Waals surface area contributed by atoms with Crippen LogP contribution in [0, 0.1) is 11.7 Å². The number of hydrogen-bond donors (Lipinski definition) is 1. The minimum absolute atomic E-state index is 0.167. The van der Waals surface area contributed by atoms with Crippen molar-refractivity contribution in [1.82, 2.24) is 4.98 Å². The van der Waals surface area contributed by atoms with Crippen LogP contribution in [-0.2, 0) is 0 Å². The molecule has 1 aromatic heterocycles. The highest BCUT2D eigenvalue weighted by molar-refractivity contribution is 5.09. The molecular weight excluding hydrogens is 193 g/mol. The molecule has 0 amide bonds. The number of hydrogen-bond acceptors (Lipinski definition) is 2. The van der Waals surface area contributed by atoms with Gasteiger partial charge >= 0.3 is 0 Å². The summed E-state index contributed by atoms with van der Waals surface area (Å²) in [5.41, 5.74) is 0.167. The number of halogens is 1. The largest absolute Gasteiger partial charge is 0.387 e. The lowest BCUT2D eigenvalue weighted by molar-refractivity contribution is 0.136. The Balaban J connectivity index is 2.61. The first kappa shape index (κ1) is 12.1. The van der Waals surface area contributed by atoms with Crippen LogP contribution in [0.4, 0.5) is 4.39 Å². The SMILES string of the molecule is CCCC(C)CC(O)c1ncccc1F. The molecular formula is C12H18FNO. The summed E-state index contributed by atoms with van der Waals surface area (Å²) in [4.78, 5) is 3.87. The molecule has 0 radical (unpaired) electrons. The van der Waals surface area contributed by atoms with Crippen molar-refractivity contribution >= 4 is 0 Å². The molecule has 0 aliphatic carbocycles. The van der Waals surface area contributed by atoms with E-state index in [1.54, 1.807) is 0 Å². The van der Waals surface area contributed by atoms with Gasteiger partial charge in [0, 0.05) is 6.20 Å². The molecule has 3 heteroatoms. The second kappa shape index (κ2) is 5.81. The number of nitrogens with zero attached hydrogens (tertiary/aromatic N) is 1. The fraction of sp³-hybridized carbons (Fsp3) is 0.583. The minimum atomic E-state index is -0.784. The van der Waals surface area contributed by atoms with Crippen LogP contribution in [0.2, 0.25) is 0 Å². The van der Waals surface area contributed by atoms with Crippen molar-refractivity contribution in [2.75, 3.05) is 0 Å². The van der Waals surface area contributed by atoms with Gasteiger partial charge in [-0.1, -0.05) is 26.7 Å². The summed E-state index contributed by atoms with van der Waals surface area (Å²) in [6, 6.07) is 2.86. The second-order valence-corrected chi connectivity index (χ2v) is 4.02. The molecule has 0 saturated heterocycles. The third-order valence-corrected chi connectivity index (χ3v) is 2.51. The van der Waals surface area contributed by atoms with Crippen molar-refractivity contribution in [3.63, 3.8) is 0 Å². The van der Waals surface area contributed by atoms with Crippen LogP contribution in [0.1, 0.15) is 44.9 Å². The van der Waals surface area contributed by atoms with Gasteiger partial charge in [-0.15, -0.1) is 0 Å². The molecule has 1 rings (SSSR count). The van der Waals surface area contributed by atoms with Crippen LogP contribution < -0.4 is 0 Å². The van der Waals surface area contributed by atoms with Crippen molar-refractivity contribution in [2.24, 2.45) is 5.92 Å². The maximum absolute atomic E-state index is 13.3. The Morgan fingerprint density at radius 1 is 1.53 bits per heavy atom. The van der Waals surface area contributed by atoms with Crippen LogP contribution in [-0.4, -0.2) is 10.1 Å². The molecule has 1 N–H and O–H groups in total. The molecule has 0 fully saturated rings. The molecule has 2 nitrogen and oxygen atoms in total. The second-order valence-electron chi connectivity index (χ2n) is 4.02. The molecule has 0 aromatic carbocycles. The number of pyridine rings is 1. The van der Waals surface area contributed by atoms with E-state index in [1.165, 1.54) is 18.3 Å². The smallest absolute Gasteiger partial charge is 0.147 e. The number of aliphatic hydroxyl groups is 1. The lowest BCUT2D eigenvalue weighted by Gasteiger charge is -2.15. The lowest BCUT2D eigenvalue weighted by atomic mass is 9.97. The zero-order chi connectivity index (χ0) is 11.3. The molecule has 2 atom stereocenters. The number of aromatic nitrogens is 1. The van der Waals surface area contributed by atoms with Crippen LogP contribution >= 0.6 is 0 Å². The van der Waals surface area contributed by atoms with Gasteiger partial charge in [0.05, 0.1) is 6.10 Å². The molecule has 0 bridgehead atoms. The first-order valence-corrected chi connectivity index (χ1v) is 5.43. The van der Waals surface area contributed by atoms with E-state index in [4.69, 9.17) is 0 Å². The highest BCUT2D eigenvalue weighted by Gasteiger charge is 2.16. The lowest BCUT2D eigenvalue weighted by Crippen LogP contribution is -2.08. The van der Waals surface area contributed by atoms with Crippen LogP contribution in [0.15, 0.2) is 18.3 Å². The van der Waals surface area contributed by atoms with Crippen LogP contribution in [0.25, 0.3) is 0 Å². The van der Waals surface area contributed by atoms with Gasteiger partial charge in [-0.25, -0.2) is 4.39 Å². The quantitative estimate of drug-likeness (QED) is 0.811. The standard InChI is InChI=1S/C12H18FNO/c1-3-5-9(2)8-11(15)12-10(13)6-4-7-14-12/h4,6-7,9,11,15H,3,5,8H2,1-2H3. The molecule has 0 aliphatic rings. The molecule has 1 heterocycles. The van der Waals surface area contributed by atoms with Crippen molar-refractivity contribution in [2.45, 2.75) is 39.2 Å². The summed E-state index contributed by atoms with van der Waals surface area (Å²) < 4.78 is 13.3. The normalized spacial score (nSPS) is 14.9. The Morgan fingerprint density at radius 3 is 2.87 bits per heavy atom. The zero-order valence-corrected chi connectivity index (χ0v) is 9.28. The third-order valence-electron chi connectivity index (χ3n) is 2.51. The van der Waals surface area contributed by atoms with Crippen molar-refractivity contribution in [3.8, 4) is 0 Å². The Morgan fingerprint density at radius 2 is 2.27 bits per heavy atom. The highest BCUT2D eigenvalue weighted by Crippen LogP contribution is 2.23. The topological polar surface area (TPSA) is 33.1 Å². The summed E-state index contributed by atoms with van der Waals surface area (Å²) >= 11 is 0. The van der Waals surface area contributed by atoms with Crippen molar-refractivity contribution < 1.29 is 9.50 Å². The van der Waals surface area contributed by atoms with Gasteiger partial charge in [-0.3, -0.25) is 4.98 Å². The average molecular weight is 211 g/mol.